The van der Waals surface area contributed by atoms with Gasteiger partial charge in [0.2, 0.25) is 0 Å². The van der Waals surface area contributed by atoms with Crippen LogP contribution in [0.1, 0.15) is 30.4 Å². The van der Waals surface area contributed by atoms with Crippen LogP contribution in [0.5, 0.6) is 0 Å². The minimum Gasteiger partial charge on any atom is -0.353 e. The fourth-order valence-electron chi connectivity index (χ4n) is 1.76. The summed E-state index contributed by atoms with van der Waals surface area (Å²) in [5, 5.41) is 8.76. The van der Waals surface area contributed by atoms with Crippen molar-refractivity contribution in [2.45, 2.75) is 32.2 Å². The molecule has 1 unspecified atom stereocenters. The Bertz CT molecular complexity index is 422. The second-order valence-electron chi connectivity index (χ2n) is 4.03. The largest absolute Gasteiger partial charge is 0.353 e. The van der Waals surface area contributed by atoms with E-state index in [1.165, 1.54) is 6.42 Å². The van der Waals surface area contributed by atoms with Gasteiger partial charge in [-0.2, -0.15) is 5.26 Å². The number of rotatable bonds is 3. The van der Waals surface area contributed by atoms with Crippen molar-refractivity contribution in [1.82, 2.24) is 0 Å². The molecule has 1 aromatic rings. The molecule has 17 heavy (non-hydrogen) atoms. The average molecular weight is 296 g/mol. The fourth-order valence-corrected chi connectivity index (χ4v) is 2.25. The van der Waals surface area contributed by atoms with Crippen LogP contribution < -0.4 is 0 Å². The van der Waals surface area contributed by atoms with Gasteiger partial charge in [-0.1, -0.05) is 22.0 Å². The number of ether oxygens (including phenoxy) is 2. The van der Waals surface area contributed by atoms with Gasteiger partial charge in [0.25, 0.3) is 0 Å². The van der Waals surface area contributed by atoms with Crippen LogP contribution in [-0.2, 0) is 16.1 Å². The van der Waals surface area contributed by atoms with Crippen LogP contribution in [0.15, 0.2) is 22.7 Å². The zero-order chi connectivity index (χ0) is 12.1. The van der Waals surface area contributed by atoms with E-state index in [1.807, 2.05) is 6.07 Å². The molecule has 0 bridgehead atoms. The van der Waals surface area contributed by atoms with Gasteiger partial charge in [0.15, 0.2) is 6.29 Å². The second-order valence-corrected chi connectivity index (χ2v) is 4.88. The van der Waals surface area contributed by atoms with Crippen LogP contribution in [0.2, 0.25) is 0 Å². The summed E-state index contributed by atoms with van der Waals surface area (Å²) in [5.41, 5.74) is 1.69. The third-order valence-corrected chi connectivity index (χ3v) is 3.48. The van der Waals surface area contributed by atoms with Crippen LogP contribution in [0.4, 0.5) is 0 Å². The van der Waals surface area contributed by atoms with Crippen molar-refractivity contribution < 1.29 is 9.47 Å². The summed E-state index contributed by atoms with van der Waals surface area (Å²) in [7, 11) is 0. The van der Waals surface area contributed by atoms with Crippen molar-refractivity contribution in [2.24, 2.45) is 0 Å². The molecule has 3 nitrogen and oxygen atoms in total. The molecule has 0 aromatic heterocycles. The summed E-state index contributed by atoms with van der Waals surface area (Å²) in [4.78, 5) is 0. The molecule has 1 atom stereocenters. The van der Waals surface area contributed by atoms with Gasteiger partial charge in [-0.15, -0.1) is 0 Å². The van der Waals surface area contributed by atoms with Gasteiger partial charge >= 0.3 is 0 Å². The van der Waals surface area contributed by atoms with Gasteiger partial charge < -0.3 is 9.47 Å². The maximum atomic E-state index is 8.76. The lowest BCUT2D eigenvalue weighted by Crippen LogP contribution is -2.22. The Kier molecular flexibility index (Phi) is 4.55. The van der Waals surface area contributed by atoms with E-state index in [0.29, 0.717) is 12.2 Å². The summed E-state index contributed by atoms with van der Waals surface area (Å²) < 4.78 is 12.1. The Morgan fingerprint density at radius 1 is 1.47 bits per heavy atom. The maximum absolute atomic E-state index is 8.76. The van der Waals surface area contributed by atoms with Crippen molar-refractivity contribution in [3.8, 4) is 6.07 Å². The van der Waals surface area contributed by atoms with Crippen molar-refractivity contribution in [1.29, 1.82) is 5.26 Å². The molecule has 90 valence electrons. The highest BCUT2D eigenvalue weighted by Gasteiger charge is 2.14. The van der Waals surface area contributed by atoms with Gasteiger partial charge in [-0.05, 0) is 37.0 Å². The number of nitriles is 1. The van der Waals surface area contributed by atoms with E-state index >= 15 is 0 Å². The van der Waals surface area contributed by atoms with Crippen LogP contribution in [0, 0.1) is 11.3 Å². The van der Waals surface area contributed by atoms with E-state index < -0.39 is 0 Å². The third kappa shape index (κ3) is 3.53. The number of benzene rings is 1. The highest BCUT2D eigenvalue weighted by molar-refractivity contribution is 9.10. The minimum absolute atomic E-state index is 0.0775. The molecule has 0 amide bonds. The van der Waals surface area contributed by atoms with Crippen molar-refractivity contribution >= 4 is 15.9 Å². The monoisotopic (exact) mass is 295 g/mol. The van der Waals surface area contributed by atoms with E-state index in [0.717, 1.165) is 29.5 Å². The summed E-state index contributed by atoms with van der Waals surface area (Å²) >= 11 is 3.44. The third-order valence-electron chi connectivity index (χ3n) is 2.74. The molecule has 0 radical (unpaired) electrons. The molecule has 1 fully saturated rings. The van der Waals surface area contributed by atoms with E-state index in [2.05, 4.69) is 22.0 Å². The highest BCUT2D eigenvalue weighted by atomic mass is 79.9. The van der Waals surface area contributed by atoms with Crippen molar-refractivity contribution in [2.75, 3.05) is 6.61 Å². The predicted molar refractivity (Wildman–Crippen MR) is 67.2 cm³/mol. The zero-order valence-electron chi connectivity index (χ0n) is 9.49. The molecular formula is C13H14BrNO2. The Hall–Kier alpha value is -0.890. The molecule has 0 N–H and O–H groups in total. The number of nitrogens with zero attached hydrogens (tertiary/aromatic N) is 1. The molecule has 0 spiro atoms. The lowest BCUT2D eigenvalue weighted by molar-refractivity contribution is -0.169. The molecule has 1 heterocycles. The van der Waals surface area contributed by atoms with Crippen molar-refractivity contribution in [3.05, 3.63) is 33.8 Å². The first-order chi connectivity index (χ1) is 8.29. The first kappa shape index (κ1) is 12.6. The molecule has 4 heteroatoms. The molecule has 1 aromatic carbocycles. The quantitative estimate of drug-likeness (QED) is 0.859. The van der Waals surface area contributed by atoms with E-state index in [9.17, 15) is 0 Å². The first-order valence-electron chi connectivity index (χ1n) is 5.71. The predicted octanol–water partition coefficient (Wildman–Crippen LogP) is 3.36. The van der Waals surface area contributed by atoms with Gasteiger partial charge in [0, 0.05) is 11.1 Å². The topological polar surface area (TPSA) is 42.2 Å². The van der Waals surface area contributed by atoms with Gasteiger partial charge in [-0.25, -0.2) is 0 Å². The van der Waals surface area contributed by atoms with Crippen LogP contribution in [-0.4, -0.2) is 12.9 Å². The molecule has 1 saturated heterocycles. The standard InChI is InChI=1S/C13H14BrNO2/c14-12-7-10(8-15)4-5-11(12)9-17-13-3-1-2-6-16-13/h4-5,7,13H,1-3,6,9H2. The summed E-state index contributed by atoms with van der Waals surface area (Å²) in [6, 6.07) is 7.62. The summed E-state index contributed by atoms with van der Waals surface area (Å²) in [5.74, 6) is 0. The Balaban J connectivity index is 1.92. The molecule has 1 aliphatic rings. The van der Waals surface area contributed by atoms with E-state index in [-0.39, 0.29) is 6.29 Å². The normalized spacial score (nSPS) is 19.9. The van der Waals surface area contributed by atoms with E-state index in [1.54, 1.807) is 12.1 Å². The second kappa shape index (κ2) is 6.15. The van der Waals surface area contributed by atoms with Crippen LogP contribution in [0.25, 0.3) is 0 Å². The Morgan fingerprint density at radius 2 is 2.35 bits per heavy atom. The van der Waals surface area contributed by atoms with Crippen LogP contribution >= 0.6 is 15.9 Å². The van der Waals surface area contributed by atoms with Gasteiger partial charge in [0.1, 0.15) is 0 Å². The lowest BCUT2D eigenvalue weighted by Gasteiger charge is -2.22. The Labute approximate surface area is 109 Å². The first-order valence-corrected chi connectivity index (χ1v) is 6.50. The van der Waals surface area contributed by atoms with Crippen molar-refractivity contribution in [3.63, 3.8) is 0 Å². The highest BCUT2D eigenvalue weighted by Crippen LogP contribution is 2.21. The molecule has 2 rings (SSSR count). The zero-order valence-corrected chi connectivity index (χ0v) is 11.1. The molecule has 0 aliphatic carbocycles. The van der Waals surface area contributed by atoms with Crippen LogP contribution in [0.3, 0.4) is 0 Å². The Morgan fingerprint density at radius 3 is 3.00 bits per heavy atom. The average Bonchev–Trinajstić information content (AvgIpc) is 2.38. The molecular weight excluding hydrogens is 282 g/mol. The fraction of sp³-hybridized carbons (Fsp3) is 0.462. The maximum Gasteiger partial charge on any atom is 0.158 e. The molecule has 0 saturated carbocycles. The summed E-state index contributed by atoms with van der Waals surface area (Å²) in [6.07, 6.45) is 3.18. The number of halogens is 1. The number of hydrogen-bond acceptors (Lipinski definition) is 3. The minimum atomic E-state index is -0.0775. The molecule has 1 aliphatic heterocycles. The lowest BCUT2D eigenvalue weighted by atomic mass is 10.1. The number of hydrogen-bond donors (Lipinski definition) is 0. The smallest absolute Gasteiger partial charge is 0.158 e. The summed E-state index contributed by atoms with van der Waals surface area (Å²) in [6.45, 7) is 1.30. The van der Waals surface area contributed by atoms with Gasteiger partial charge in [0.05, 0.1) is 18.2 Å². The van der Waals surface area contributed by atoms with E-state index in [4.69, 9.17) is 14.7 Å². The van der Waals surface area contributed by atoms with Gasteiger partial charge in [-0.3, -0.25) is 0 Å². The SMILES string of the molecule is N#Cc1ccc(COC2CCCCO2)c(Br)c1.